The van der Waals surface area contributed by atoms with Crippen LogP contribution < -0.4 is 5.32 Å². The third-order valence-corrected chi connectivity index (χ3v) is 6.37. The summed E-state index contributed by atoms with van der Waals surface area (Å²) in [5, 5.41) is 2.68. The van der Waals surface area contributed by atoms with E-state index in [-0.39, 0.29) is 36.9 Å². The number of aromatic nitrogens is 2. The monoisotopic (exact) mass is 467 g/mol. The van der Waals surface area contributed by atoms with Crippen LogP contribution in [0.25, 0.3) is 11.1 Å². The van der Waals surface area contributed by atoms with Crippen LogP contribution in [0.5, 0.6) is 0 Å². The molecule has 1 atom stereocenters. The summed E-state index contributed by atoms with van der Waals surface area (Å²) in [6.07, 6.45) is 2.87. The molecule has 2 heterocycles. The Labute approximate surface area is 202 Å². The van der Waals surface area contributed by atoms with Crippen LogP contribution in [0.3, 0.4) is 0 Å². The summed E-state index contributed by atoms with van der Waals surface area (Å²) in [6, 6.07) is 22.1. The average molecular weight is 468 g/mol. The van der Waals surface area contributed by atoms with Crippen molar-refractivity contribution in [1.82, 2.24) is 15.3 Å². The molecular weight excluding hydrogens is 442 g/mol. The zero-order chi connectivity index (χ0) is 24.2. The number of nitrogens with one attached hydrogen (secondary N) is 3. The van der Waals surface area contributed by atoms with Gasteiger partial charge < -0.3 is 20.0 Å². The normalized spacial score (nSPS) is 13.0. The van der Waals surface area contributed by atoms with Gasteiger partial charge in [0.15, 0.2) is 5.78 Å². The molecule has 3 N–H and O–H groups in total. The molecule has 0 fully saturated rings. The number of ether oxygens (including phenoxy) is 1. The number of hydrogen-bond donors (Lipinski definition) is 3. The highest BCUT2D eigenvalue weighted by Gasteiger charge is 2.30. The predicted molar refractivity (Wildman–Crippen MR) is 131 cm³/mol. The van der Waals surface area contributed by atoms with Gasteiger partial charge in [0.05, 0.1) is 17.4 Å². The van der Waals surface area contributed by atoms with Crippen LogP contribution in [0.2, 0.25) is 0 Å². The molecule has 0 bridgehead atoms. The first-order chi connectivity index (χ1) is 17.1. The summed E-state index contributed by atoms with van der Waals surface area (Å²) < 4.78 is 5.61. The first-order valence-electron chi connectivity index (χ1n) is 11.6. The molecule has 176 valence electrons. The summed E-state index contributed by atoms with van der Waals surface area (Å²) in [5.41, 5.74) is 5.33. The molecule has 35 heavy (non-hydrogen) atoms. The highest BCUT2D eigenvalue weighted by molar-refractivity contribution is 6.01. The lowest BCUT2D eigenvalue weighted by Crippen LogP contribution is -2.42. The molecule has 2 aromatic carbocycles. The quantitative estimate of drug-likeness (QED) is 0.298. The Morgan fingerprint density at radius 3 is 2.00 bits per heavy atom. The van der Waals surface area contributed by atoms with E-state index in [1.165, 1.54) is 0 Å². The van der Waals surface area contributed by atoms with Gasteiger partial charge in [-0.1, -0.05) is 48.5 Å². The lowest BCUT2D eigenvalue weighted by Gasteiger charge is -2.19. The summed E-state index contributed by atoms with van der Waals surface area (Å²) in [5.74, 6) is -0.517. The number of rotatable bonds is 9. The van der Waals surface area contributed by atoms with E-state index in [1.54, 1.807) is 36.7 Å². The fraction of sp³-hybridized carbons (Fsp3) is 0.179. The van der Waals surface area contributed by atoms with E-state index in [1.807, 2.05) is 36.4 Å². The van der Waals surface area contributed by atoms with Crippen LogP contribution in [0, 0.1) is 0 Å². The van der Waals surface area contributed by atoms with Crippen LogP contribution in [0.1, 0.15) is 50.9 Å². The molecule has 1 aliphatic rings. The van der Waals surface area contributed by atoms with Gasteiger partial charge in [-0.05, 0) is 52.9 Å². The van der Waals surface area contributed by atoms with Gasteiger partial charge in [-0.3, -0.25) is 9.59 Å². The van der Waals surface area contributed by atoms with Crippen molar-refractivity contribution in [1.29, 1.82) is 0 Å². The summed E-state index contributed by atoms with van der Waals surface area (Å²) in [4.78, 5) is 44.0. The number of hydrogen-bond acceptors (Lipinski definition) is 4. The van der Waals surface area contributed by atoms with Gasteiger partial charge in [-0.2, -0.15) is 0 Å². The molecule has 4 aromatic rings. The van der Waals surface area contributed by atoms with Gasteiger partial charge in [-0.15, -0.1) is 0 Å². The van der Waals surface area contributed by atoms with Crippen molar-refractivity contribution in [2.75, 3.05) is 6.61 Å². The van der Waals surface area contributed by atoms with Crippen LogP contribution in [0.4, 0.5) is 4.79 Å². The molecule has 7 nitrogen and oxygen atoms in total. The van der Waals surface area contributed by atoms with Crippen molar-refractivity contribution in [2.45, 2.75) is 24.8 Å². The molecule has 1 amide bonds. The Hall–Kier alpha value is -4.39. The summed E-state index contributed by atoms with van der Waals surface area (Å²) >= 11 is 0. The predicted octanol–water partition coefficient (Wildman–Crippen LogP) is 5.10. The van der Waals surface area contributed by atoms with Crippen LogP contribution in [-0.2, 0) is 4.74 Å². The zero-order valence-corrected chi connectivity index (χ0v) is 19.0. The molecule has 7 heteroatoms. The molecule has 0 radical (unpaired) electrons. The van der Waals surface area contributed by atoms with E-state index in [0.29, 0.717) is 11.4 Å². The fourth-order valence-corrected chi connectivity index (χ4v) is 4.64. The van der Waals surface area contributed by atoms with Gasteiger partial charge >= 0.3 is 6.09 Å². The smallest absolute Gasteiger partial charge is 0.407 e. The molecule has 0 unspecified atom stereocenters. The highest BCUT2D eigenvalue weighted by atomic mass is 16.5. The van der Waals surface area contributed by atoms with E-state index in [4.69, 9.17) is 4.74 Å². The third-order valence-electron chi connectivity index (χ3n) is 6.37. The number of fused-ring (bicyclic) bond motifs is 3. The van der Waals surface area contributed by atoms with E-state index < -0.39 is 12.1 Å². The molecular formula is C28H25N3O4. The number of carbonyl (C=O) groups excluding carboxylic acids is 3. The van der Waals surface area contributed by atoms with Crippen LogP contribution in [0.15, 0.2) is 85.2 Å². The summed E-state index contributed by atoms with van der Waals surface area (Å²) in [7, 11) is 0. The van der Waals surface area contributed by atoms with Gasteiger partial charge in [0, 0.05) is 24.7 Å². The number of ketones is 2. The Balaban J connectivity index is 1.27. The lowest BCUT2D eigenvalue weighted by molar-refractivity contribution is 0.0892. The minimum Gasteiger partial charge on any atom is -0.449 e. The van der Waals surface area contributed by atoms with Crippen LogP contribution in [-0.4, -0.2) is 40.3 Å². The van der Waals surface area contributed by atoms with E-state index in [0.717, 1.165) is 22.3 Å². The van der Waals surface area contributed by atoms with E-state index in [2.05, 4.69) is 27.4 Å². The Morgan fingerprint density at radius 1 is 0.800 bits per heavy atom. The maximum absolute atomic E-state index is 13.0. The van der Waals surface area contributed by atoms with Crippen molar-refractivity contribution < 1.29 is 19.1 Å². The second-order valence-corrected chi connectivity index (χ2v) is 8.52. The number of benzene rings is 2. The van der Waals surface area contributed by atoms with Gasteiger partial charge in [0.25, 0.3) is 0 Å². The second kappa shape index (κ2) is 9.85. The third kappa shape index (κ3) is 4.66. The minimum absolute atomic E-state index is 0.0832. The molecule has 2 aromatic heterocycles. The number of amides is 1. The molecule has 0 saturated heterocycles. The number of alkyl carbamates (subject to hydrolysis) is 1. The van der Waals surface area contributed by atoms with Crippen molar-refractivity contribution in [2.24, 2.45) is 0 Å². The maximum Gasteiger partial charge on any atom is 0.407 e. The molecule has 0 saturated carbocycles. The molecule has 5 rings (SSSR count). The molecule has 0 spiro atoms. The van der Waals surface area contributed by atoms with E-state index >= 15 is 0 Å². The van der Waals surface area contributed by atoms with Gasteiger partial charge in [0.1, 0.15) is 6.61 Å². The van der Waals surface area contributed by atoms with Crippen molar-refractivity contribution in [3.05, 3.63) is 108 Å². The molecule has 0 aliphatic heterocycles. The Bertz CT molecular complexity index is 1300. The van der Waals surface area contributed by atoms with Gasteiger partial charge in [-0.25, -0.2) is 4.79 Å². The average Bonchev–Trinajstić information content (AvgIpc) is 3.65. The van der Waals surface area contributed by atoms with Gasteiger partial charge in [0.2, 0.25) is 5.78 Å². The lowest BCUT2D eigenvalue weighted by atomic mass is 9.98. The topological polar surface area (TPSA) is 104 Å². The van der Waals surface area contributed by atoms with Crippen molar-refractivity contribution in [3.8, 4) is 11.1 Å². The number of carbonyl (C=O) groups is 3. The maximum atomic E-state index is 13.0. The fourth-order valence-electron chi connectivity index (χ4n) is 4.64. The Morgan fingerprint density at radius 2 is 1.40 bits per heavy atom. The summed E-state index contributed by atoms with van der Waals surface area (Å²) in [6.45, 7) is 0.144. The van der Waals surface area contributed by atoms with Crippen LogP contribution >= 0.6 is 0 Å². The van der Waals surface area contributed by atoms with Crippen molar-refractivity contribution >= 4 is 17.7 Å². The first kappa shape index (κ1) is 22.4. The standard InChI is InChI=1S/C28H25N3O4/c32-26(23-11-5-15-29-23)14-13-25(27(33)24-12-6-16-30-24)31-28(34)35-17-22-20-9-3-1-7-18(20)19-8-2-4-10-21(19)22/h1-12,15-16,22,25,29-30H,13-14,17H2,(H,31,34)/t25-/m0/s1. The van der Waals surface area contributed by atoms with Crippen molar-refractivity contribution in [3.63, 3.8) is 0 Å². The highest BCUT2D eigenvalue weighted by Crippen LogP contribution is 2.44. The minimum atomic E-state index is -0.900. The molecule has 1 aliphatic carbocycles. The first-order valence-corrected chi connectivity index (χ1v) is 11.6. The largest absolute Gasteiger partial charge is 0.449 e. The second-order valence-electron chi connectivity index (χ2n) is 8.52. The SMILES string of the molecule is O=C(N[C@@H](CCC(=O)c1ccc[nH]1)C(=O)c1ccc[nH]1)OCC1c2ccccc2-c2ccccc21. The number of H-pyrrole nitrogens is 2. The number of aromatic amines is 2. The zero-order valence-electron chi connectivity index (χ0n) is 19.0. The Kier molecular flexibility index (Phi) is 6.30. The van der Waals surface area contributed by atoms with E-state index in [9.17, 15) is 14.4 Å². The number of Topliss-reactive ketones (excluding diaryl/α,β-unsaturated/α-hetero) is 2.